The highest BCUT2D eigenvalue weighted by Gasteiger charge is 2.30. The molecule has 0 N–H and O–H groups in total. The Bertz CT molecular complexity index is 810. The maximum Gasteiger partial charge on any atom is 0.0865 e. The molecule has 2 nitrogen and oxygen atoms in total. The zero-order valence-electron chi connectivity index (χ0n) is 15.4. The molecule has 0 aliphatic carbocycles. The molecule has 2 atom stereocenters. The summed E-state index contributed by atoms with van der Waals surface area (Å²) in [7, 11) is 0. The predicted molar refractivity (Wildman–Crippen MR) is 113 cm³/mol. The Morgan fingerprint density at radius 3 is 2.19 bits per heavy atom. The fourth-order valence-corrected chi connectivity index (χ4v) is 4.76. The molecular weight excluding hydrogens is 350 g/mol. The molecule has 0 amide bonds. The lowest BCUT2D eigenvalue weighted by molar-refractivity contribution is -0.0319. The molecule has 1 fully saturated rings. The quantitative estimate of drug-likeness (QED) is 0.534. The van der Waals surface area contributed by atoms with Crippen molar-refractivity contribution in [2.45, 2.75) is 22.8 Å². The van der Waals surface area contributed by atoms with Crippen molar-refractivity contribution in [1.82, 2.24) is 4.90 Å². The van der Waals surface area contributed by atoms with Gasteiger partial charge in [-0.1, -0.05) is 78.9 Å². The summed E-state index contributed by atoms with van der Waals surface area (Å²) in [6, 6.07) is 32.1. The van der Waals surface area contributed by atoms with E-state index in [1.54, 1.807) is 0 Å². The predicted octanol–water partition coefficient (Wildman–Crippen LogP) is 5.42. The second-order valence-electron chi connectivity index (χ2n) is 6.89. The van der Waals surface area contributed by atoms with Crippen molar-refractivity contribution in [3.63, 3.8) is 0 Å². The molecule has 27 heavy (non-hydrogen) atoms. The topological polar surface area (TPSA) is 12.5 Å². The van der Waals surface area contributed by atoms with Gasteiger partial charge in [0.1, 0.15) is 0 Å². The van der Waals surface area contributed by atoms with Gasteiger partial charge < -0.3 is 4.74 Å². The fourth-order valence-electron chi connectivity index (χ4n) is 3.55. The van der Waals surface area contributed by atoms with Crippen LogP contribution in [-0.4, -0.2) is 30.7 Å². The molecule has 1 aliphatic heterocycles. The Balaban J connectivity index is 1.52. The van der Waals surface area contributed by atoms with Crippen LogP contribution in [0.5, 0.6) is 0 Å². The monoisotopic (exact) mass is 375 g/mol. The summed E-state index contributed by atoms with van der Waals surface area (Å²) in [6.45, 7) is 3.71. The molecule has 138 valence electrons. The van der Waals surface area contributed by atoms with E-state index in [0.717, 1.165) is 26.2 Å². The Morgan fingerprint density at radius 1 is 0.852 bits per heavy atom. The minimum absolute atomic E-state index is 0.176. The molecule has 0 unspecified atom stereocenters. The number of morpholine rings is 1. The standard InChI is InChI=1S/C24H25NOS/c1-4-10-20(11-5-1)18-25-16-17-26-23(19-25)24(21-12-6-2-7-13-21)27-22-14-8-3-9-15-22/h1-15,23-24H,16-19H2/t23-,24-/m0/s1. The van der Waals surface area contributed by atoms with E-state index in [9.17, 15) is 0 Å². The van der Waals surface area contributed by atoms with E-state index in [1.165, 1.54) is 16.0 Å². The summed E-state index contributed by atoms with van der Waals surface area (Å²) in [6.07, 6.45) is 0.176. The SMILES string of the molecule is c1ccc(CN2CCO[C@H]([C@@H](Sc3ccccc3)c3ccccc3)C2)cc1. The van der Waals surface area contributed by atoms with Gasteiger partial charge in [-0.25, -0.2) is 0 Å². The second kappa shape index (κ2) is 9.23. The molecule has 4 rings (SSSR count). The Morgan fingerprint density at radius 2 is 1.48 bits per heavy atom. The Kier molecular flexibility index (Phi) is 6.25. The molecule has 0 saturated carbocycles. The van der Waals surface area contributed by atoms with Crippen LogP contribution in [0, 0.1) is 0 Å². The number of hydrogen-bond acceptors (Lipinski definition) is 3. The van der Waals surface area contributed by atoms with E-state index >= 15 is 0 Å². The molecule has 0 bridgehead atoms. The number of thioether (sulfide) groups is 1. The van der Waals surface area contributed by atoms with Crippen molar-refractivity contribution < 1.29 is 4.74 Å². The van der Waals surface area contributed by atoms with Gasteiger partial charge in [-0.15, -0.1) is 11.8 Å². The molecule has 0 radical (unpaired) electrons. The first-order valence-electron chi connectivity index (χ1n) is 9.53. The largest absolute Gasteiger partial charge is 0.374 e. The molecule has 3 aromatic rings. The summed E-state index contributed by atoms with van der Waals surface area (Å²) in [5, 5.41) is 0.284. The zero-order chi connectivity index (χ0) is 18.3. The summed E-state index contributed by atoms with van der Waals surface area (Å²) in [5.74, 6) is 0. The highest BCUT2D eigenvalue weighted by atomic mass is 32.2. The van der Waals surface area contributed by atoms with Gasteiger partial charge in [0.15, 0.2) is 0 Å². The highest BCUT2D eigenvalue weighted by molar-refractivity contribution is 7.99. The molecule has 0 aromatic heterocycles. The van der Waals surface area contributed by atoms with Crippen LogP contribution in [-0.2, 0) is 11.3 Å². The van der Waals surface area contributed by atoms with Gasteiger partial charge in [-0.05, 0) is 23.3 Å². The van der Waals surface area contributed by atoms with Crippen LogP contribution < -0.4 is 0 Å². The van der Waals surface area contributed by atoms with Gasteiger partial charge in [-0.2, -0.15) is 0 Å². The van der Waals surface area contributed by atoms with Gasteiger partial charge in [0.05, 0.1) is 18.0 Å². The average Bonchev–Trinajstić information content (AvgIpc) is 2.74. The van der Waals surface area contributed by atoms with Crippen molar-refractivity contribution in [2.24, 2.45) is 0 Å². The number of hydrogen-bond donors (Lipinski definition) is 0. The van der Waals surface area contributed by atoms with Gasteiger partial charge in [0.2, 0.25) is 0 Å². The Hall–Kier alpha value is -2.07. The van der Waals surface area contributed by atoms with E-state index in [0.29, 0.717) is 0 Å². The van der Waals surface area contributed by atoms with E-state index in [1.807, 2.05) is 11.8 Å². The zero-order valence-corrected chi connectivity index (χ0v) is 16.2. The van der Waals surface area contributed by atoms with Crippen LogP contribution in [0.2, 0.25) is 0 Å². The van der Waals surface area contributed by atoms with Gasteiger partial charge >= 0.3 is 0 Å². The van der Waals surface area contributed by atoms with E-state index in [4.69, 9.17) is 4.74 Å². The maximum atomic E-state index is 6.27. The first kappa shape index (κ1) is 18.3. The van der Waals surface area contributed by atoms with Crippen LogP contribution in [0.15, 0.2) is 95.9 Å². The number of nitrogens with zero attached hydrogens (tertiary/aromatic N) is 1. The van der Waals surface area contributed by atoms with Crippen molar-refractivity contribution in [3.8, 4) is 0 Å². The minimum atomic E-state index is 0.176. The van der Waals surface area contributed by atoms with Gasteiger partial charge in [0, 0.05) is 24.5 Å². The number of rotatable bonds is 6. The molecule has 3 aromatic carbocycles. The average molecular weight is 376 g/mol. The summed E-state index contributed by atoms with van der Waals surface area (Å²) in [5.41, 5.74) is 2.70. The first-order chi connectivity index (χ1) is 13.4. The minimum Gasteiger partial charge on any atom is -0.374 e. The third kappa shape index (κ3) is 5.01. The number of ether oxygens (including phenoxy) is 1. The van der Waals surface area contributed by atoms with Gasteiger partial charge in [-0.3, -0.25) is 4.90 Å². The van der Waals surface area contributed by atoms with Crippen molar-refractivity contribution in [3.05, 3.63) is 102 Å². The summed E-state index contributed by atoms with van der Waals surface area (Å²) in [4.78, 5) is 3.81. The fraction of sp³-hybridized carbons (Fsp3) is 0.250. The molecule has 1 heterocycles. The highest BCUT2D eigenvalue weighted by Crippen LogP contribution is 2.40. The van der Waals surface area contributed by atoms with Crippen LogP contribution >= 0.6 is 11.8 Å². The lowest BCUT2D eigenvalue weighted by Gasteiger charge is -2.37. The van der Waals surface area contributed by atoms with Crippen molar-refractivity contribution in [1.29, 1.82) is 0 Å². The summed E-state index contributed by atoms with van der Waals surface area (Å²) >= 11 is 1.91. The van der Waals surface area contributed by atoms with Crippen molar-refractivity contribution in [2.75, 3.05) is 19.7 Å². The van der Waals surface area contributed by atoms with Crippen LogP contribution in [0.3, 0.4) is 0 Å². The van der Waals surface area contributed by atoms with Gasteiger partial charge in [0.25, 0.3) is 0 Å². The smallest absolute Gasteiger partial charge is 0.0865 e. The second-order valence-corrected chi connectivity index (χ2v) is 8.11. The molecule has 0 spiro atoms. The molecular formula is C24H25NOS. The molecule has 1 saturated heterocycles. The lowest BCUT2D eigenvalue weighted by atomic mass is 10.1. The third-order valence-corrected chi connectivity index (χ3v) is 6.27. The molecule has 1 aliphatic rings. The Labute approximate surface area is 166 Å². The van der Waals surface area contributed by atoms with Crippen molar-refractivity contribution >= 4 is 11.8 Å². The van der Waals surface area contributed by atoms with Crippen LogP contribution in [0.25, 0.3) is 0 Å². The summed E-state index contributed by atoms with van der Waals surface area (Å²) < 4.78 is 6.27. The van der Waals surface area contributed by atoms with E-state index < -0.39 is 0 Å². The van der Waals surface area contributed by atoms with Crippen LogP contribution in [0.1, 0.15) is 16.4 Å². The van der Waals surface area contributed by atoms with E-state index in [-0.39, 0.29) is 11.4 Å². The lowest BCUT2D eigenvalue weighted by Crippen LogP contribution is -2.44. The maximum absolute atomic E-state index is 6.27. The number of benzene rings is 3. The normalized spacial score (nSPS) is 18.9. The van der Waals surface area contributed by atoms with E-state index in [2.05, 4.69) is 95.9 Å². The first-order valence-corrected chi connectivity index (χ1v) is 10.4. The van der Waals surface area contributed by atoms with Crippen LogP contribution in [0.4, 0.5) is 0 Å². The molecule has 3 heteroatoms. The third-order valence-electron chi connectivity index (χ3n) is 4.90.